The molecule has 0 aliphatic heterocycles. The van der Waals surface area contributed by atoms with Gasteiger partial charge in [0, 0.05) is 16.7 Å². The highest BCUT2D eigenvalue weighted by Gasteiger charge is 2.21. The number of halogens is 1. The van der Waals surface area contributed by atoms with E-state index in [4.69, 9.17) is 5.73 Å². The van der Waals surface area contributed by atoms with Crippen molar-refractivity contribution >= 4 is 31.6 Å². The molecule has 6 heteroatoms. The summed E-state index contributed by atoms with van der Waals surface area (Å²) in [6.45, 7) is 6.48. The molecule has 0 aliphatic rings. The van der Waals surface area contributed by atoms with Crippen molar-refractivity contribution in [2.75, 3.05) is 12.3 Å². The Bertz CT molecular complexity index is 527. The number of nitrogens with two attached hydrogens (primary N) is 1. The van der Waals surface area contributed by atoms with Crippen LogP contribution in [0.5, 0.6) is 0 Å². The molecule has 0 radical (unpaired) electrons. The first kappa shape index (κ1) is 15.5. The molecule has 1 aromatic rings. The molecule has 0 amide bonds. The summed E-state index contributed by atoms with van der Waals surface area (Å²) in [6.07, 6.45) is 0.901. The standard InChI is InChI=1S/C12H19BrN2O2S/c1-4-12(2,3)8-15-18(16,17)9-5-6-10(13)11(14)7-9/h5-7,15H,4,8,14H2,1-3H3. The SMILES string of the molecule is CCC(C)(C)CNS(=O)(=O)c1ccc(Br)c(N)c1. The van der Waals surface area contributed by atoms with Gasteiger partial charge < -0.3 is 5.73 Å². The van der Waals surface area contributed by atoms with Crippen LogP contribution >= 0.6 is 15.9 Å². The van der Waals surface area contributed by atoms with Gasteiger partial charge in [0.2, 0.25) is 10.0 Å². The number of sulfonamides is 1. The van der Waals surface area contributed by atoms with Crippen LogP contribution in [0, 0.1) is 5.41 Å². The highest BCUT2D eigenvalue weighted by molar-refractivity contribution is 9.10. The molecule has 0 heterocycles. The lowest BCUT2D eigenvalue weighted by Gasteiger charge is -2.22. The number of rotatable bonds is 5. The van der Waals surface area contributed by atoms with E-state index in [1.165, 1.54) is 12.1 Å². The van der Waals surface area contributed by atoms with Crippen molar-refractivity contribution in [3.8, 4) is 0 Å². The maximum absolute atomic E-state index is 12.1. The lowest BCUT2D eigenvalue weighted by atomic mass is 9.91. The Kier molecular flexibility index (Phi) is 4.80. The van der Waals surface area contributed by atoms with E-state index >= 15 is 0 Å². The smallest absolute Gasteiger partial charge is 0.240 e. The number of nitrogens with one attached hydrogen (secondary N) is 1. The number of hydrogen-bond acceptors (Lipinski definition) is 3. The minimum absolute atomic E-state index is 0.0615. The molecular formula is C12H19BrN2O2S. The number of anilines is 1. The topological polar surface area (TPSA) is 72.2 Å². The van der Waals surface area contributed by atoms with Gasteiger partial charge in [0.1, 0.15) is 0 Å². The Hall–Kier alpha value is -0.590. The highest BCUT2D eigenvalue weighted by atomic mass is 79.9. The molecule has 0 saturated carbocycles. The maximum Gasteiger partial charge on any atom is 0.240 e. The van der Waals surface area contributed by atoms with Gasteiger partial charge in [0.15, 0.2) is 0 Å². The first-order valence-corrected chi connectivity index (χ1v) is 8.00. The van der Waals surface area contributed by atoms with E-state index in [2.05, 4.69) is 20.7 Å². The second-order valence-electron chi connectivity index (χ2n) is 5.03. The van der Waals surface area contributed by atoms with E-state index in [0.29, 0.717) is 16.7 Å². The van der Waals surface area contributed by atoms with Crippen LogP contribution in [0.15, 0.2) is 27.6 Å². The average Bonchev–Trinajstić information content (AvgIpc) is 2.30. The summed E-state index contributed by atoms with van der Waals surface area (Å²) in [7, 11) is -3.49. The second-order valence-corrected chi connectivity index (χ2v) is 7.65. The molecule has 0 spiro atoms. The van der Waals surface area contributed by atoms with Crippen molar-refractivity contribution in [3.63, 3.8) is 0 Å². The van der Waals surface area contributed by atoms with Crippen LogP contribution in [0.3, 0.4) is 0 Å². The van der Waals surface area contributed by atoms with Crippen molar-refractivity contribution in [3.05, 3.63) is 22.7 Å². The van der Waals surface area contributed by atoms with Gasteiger partial charge in [-0.3, -0.25) is 0 Å². The van der Waals surface area contributed by atoms with E-state index in [-0.39, 0.29) is 10.3 Å². The van der Waals surface area contributed by atoms with Gasteiger partial charge >= 0.3 is 0 Å². The molecule has 0 aliphatic carbocycles. The van der Waals surface area contributed by atoms with E-state index in [1.54, 1.807) is 6.07 Å². The Balaban J connectivity index is 2.90. The summed E-state index contributed by atoms with van der Waals surface area (Å²) in [6, 6.07) is 4.61. The van der Waals surface area contributed by atoms with E-state index < -0.39 is 10.0 Å². The van der Waals surface area contributed by atoms with Crippen molar-refractivity contribution in [2.45, 2.75) is 32.1 Å². The minimum atomic E-state index is -3.49. The van der Waals surface area contributed by atoms with Gasteiger partial charge in [-0.15, -0.1) is 0 Å². The first-order chi connectivity index (χ1) is 8.18. The van der Waals surface area contributed by atoms with E-state index in [1.807, 2.05) is 20.8 Å². The molecule has 3 N–H and O–H groups in total. The molecule has 0 unspecified atom stereocenters. The third-order valence-corrected chi connectivity index (χ3v) is 5.10. The van der Waals surface area contributed by atoms with Crippen LogP contribution in [0.25, 0.3) is 0 Å². The van der Waals surface area contributed by atoms with Crippen molar-refractivity contribution in [1.82, 2.24) is 4.72 Å². The van der Waals surface area contributed by atoms with Gasteiger partial charge in [0.05, 0.1) is 4.90 Å². The molecule has 0 bridgehead atoms. The van der Waals surface area contributed by atoms with Crippen LogP contribution in [0.2, 0.25) is 0 Å². The molecule has 0 fully saturated rings. The highest BCUT2D eigenvalue weighted by Crippen LogP contribution is 2.24. The van der Waals surface area contributed by atoms with Crippen LogP contribution in [0.1, 0.15) is 27.2 Å². The summed E-state index contributed by atoms with van der Waals surface area (Å²) in [5, 5.41) is 0. The van der Waals surface area contributed by atoms with Gasteiger partial charge in [-0.25, -0.2) is 13.1 Å². The van der Waals surface area contributed by atoms with Crippen LogP contribution in [-0.4, -0.2) is 15.0 Å². The molecule has 0 atom stereocenters. The van der Waals surface area contributed by atoms with Gasteiger partial charge in [-0.1, -0.05) is 20.8 Å². The summed E-state index contributed by atoms with van der Waals surface area (Å²) >= 11 is 3.24. The van der Waals surface area contributed by atoms with Gasteiger partial charge in [0.25, 0.3) is 0 Å². The van der Waals surface area contributed by atoms with Gasteiger partial charge in [-0.2, -0.15) is 0 Å². The predicted molar refractivity (Wildman–Crippen MR) is 77.8 cm³/mol. The molecule has 0 aromatic heterocycles. The Morgan fingerprint density at radius 1 is 1.39 bits per heavy atom. The molecular weight excluding hydrogens is 316 g/mol. The zero-order valence-electron chi connectivity index (χ0n) is 10.8. The quantitative estimate of drug-likeness (QED) is 0.813. The zero-order valence-corrected chi connectivity index (χ0v) is 13.2. The molecule has 18 heavy (non-hydrogen) atoms. The van der Waals surface area contributed by atoms with E-state index in [0.717, 1.165) is 6.42 Å². The maximum atomic E-state index is 12.1. The monoisotopic (exact) mass is 334 g/mol. The Morgan fingerprint density at radius 3 is 2.50 bits per heavy atom. The molecule has 1 aromatic carbocycles. The molecule has 1 rings (SSSR count). The first-order valence-electron chi connectivity index (χ1n) is 5.73. The number of benzene rings is 1. The van der Waals surface area contributed by atoms with Crippen molar-refractivity contribution in [1.29, 1.82) is 0 Å². The fourth-order valence-electron chi connectivity index (χ4n) is 1.19. The third kappa shape index (κ3) is 3.96. The normalized spacial score (nSPS) is 12.7. The number of hydrogen-bond donors (Lipinski definition) is 2. The molecule has 4 nitrogen and oxygen atoms in total. The lowest BCUT2D eigenvalue weighted by molar-refractivity contribution is 0.350. The second kappa shape index (κ2) is 5.59. The van der Waals surface area contributed by atoms with Crippen molar-refractivity contribution < 1.29 is 8.42 Å². The minimum Gasteiger partial charge on any atom is -0.398 e. The largest absolute Gasteiger partial charge is 0.398 e. The predicted octanol–water partition coefficient (Wildman–Crippen LogP) is 2.75. The van der Waals surface area contributed by atoms with Crippen LogP contribution in [0.4, 0.5) is 5.69 Å². The fourth-order valence-corrected chi connectivity index (χ4v) is 2.71. The third-order valence-electron chi connectivity index (χ3n) is 2.98. The lowest BCUT2D eigenvalue weighted by Crippen LogP contribution is -2.33. The molecule has 0 saturated heterocycles. The fraction of sp³-hybridized carbons (Fsp3) is 0.500. The summed E-state index contributed by atoms with van der Waals surface area (Å²) in [5.41, 5.74) is 6.03. The van der Waals surface area contributed by atoms with Crippen LogP contribution in [-0.2, 0) is 10.0 Å². The summed E-state index contributed by atoms with van der Waals surface area (Å²) < 4.78 is 27.5. The molecule has 102 valence electrons. The summed E-state index contributed by atoms with van der Waals surface area (Å²) in [4.78, 5) is 0.190. The average molecular weight is 335 g/mol. The summed E-state index contributed by atoms with van der Waals surface area (Å²) in [5.74, 6) is 0. The van der Waals surface area contributed by atoms with Gasteiger partial charge in [-0.05, 0) is 46.0 Å². The van der Waals surface area contributed by atoms with Crippen molar-refractivity contribution in [2.24, 2.45) is 5.41 Å². The zero-order chi connectivity index (χ0) is 14.0. The van der Waals surface area contributed by atoms with E-state index in [9.17, 15) is 8.42 Å². The Labute approximate surface area is 117 Å². The van der Waals surface area contributed by atoms with Crippen LogP contribution < -0.4 is 10.5 Å². The Morgan fingerprint density at radius 2 is 2.00 bits per heavy atom. The number of nitrogen functional groups attached to an aromatic ring is 1.